The van der Waals surface area contributed by atoms with E-state index < -0.39 is 0 Å². The van der Waals surface area contributed by atoms with Gasteiger partial charge in [-0.15, -0.1) is 0 Å². The molecule has 4 heteroatoms. The zero-order valence-electron chi connectivity index (χ0n) is 13.2. The second-order valence-electron chi connectivity index (χ2n) is 5.28. The van der Waals surface area contributed by atoms with Crippen LogP contribution in [-0.4, -0.2) is 0 Å². The van der Waals surface area contributed by atoms with Gasteiger partial charge in [0.25, 0.3) is 0 Å². The number of rotatable bonds is 7. The molecular weight excluding hydrogens is 308 g/mol. The highest BCUT2D eigenvalue weighted by Crippen LogP contribution is 2.46. The van der Waals surface area contributed by atoms with Crippen LogP contribution < -0.4 is 11.5 Å². The fraction of sp³-hybridized carbons (Fsp3) is 0.333. The largest absolute Gasteiger partial charge is 0.326 e. The molecule has 0 saturated carbocycles. The molecule has 0 fully saturated rings. The van der Waals surface area contributed by atoms with Crippen LogP contribution in [-0.2, 0) is 13.1 Å². The second-order valence-corrected chi connectivity index (χ2v) is 8.24. The van der Waals surface area contributed by atoms with E-state index in [0.29, 0.717) is 23.6 Å². The smallest absolute Gasteiger partial charge is 0.0376 e. The van der Waals surface area contributed by atoms with Crippen molar-refractivity contribution in [1.29, 1.82) is 0 Å². The monoisotopic (exact) mass is 332 g/mol. The third-order valence-corrected chi connectivity index (χ3v) is 7.03. The molecule has 0 aliphatic heterocycles. The Morgan fingerprint density at radius 3 is 1.45 bits per heavy atom. The molecule has 0 aliphatic rings. The Hall–Kier alpha value is -0.940. The molecule has 0 saturated heterocycles. The topological polar surface area (TPSA) is 52.0 Å². The summed E-state index contributed by atoms with van der Waals surface area (Å²) in [7, 11) is 3.80. The summed E-state index contributed by atoms with van der Waals surface area (Å²) in [6.07, 6.45) is 0. The van der Waals surface area contributed by atoms with E-state index in [1.54, 1.807) is 0 Å². The molecule has 2 unspecified atom stereocenters. The first-order valence-electron chi connectivity index (χ1n) is 7.55. The van der Waals surface area contributed by atoms with Gasteiger partial charge in [0, 0.05) is 23.6 Å². The van der Waals surface area contributed by atoms with E-state index in [1.165, 1.54) is 22.3 Å². The highest BCUT2D eigenvalue weighted by atomic mass is 33.1. The van der Waals surface area contributed by atoms with Crippen molar-refractivity contribution in [2.75, 3.05) is 0 Å². The Kier molecular flexibility index (Phi) is 6.83. The maximum Gasteiger partial charge on any atom is 0.0376 e. The van der Waals surface area contributed by atoms with Crippen LogP contribution in [0.1, 0.15) is 46.6 Å². The van der Waals surface area contributed by atoms with Crippen LogP contribution >= 0.6 is 21.6 Å². The van der Waals surface area contributed by atoms with Crippen LogP contribution in [0.5, 0.6) is 0 Å². The van der Waals surface area contributed by atoms with Crippen molar-refractivity contribution in [1.82, 2.24) is 0 Å². The lowest BCUT2D eigenvalue weighted by Crippen LogP contribution is -2.03. The van der Waals surface area contributed by atoms with Crippen LogP contribution in [0.3, 0.4) is 0 Å². The van der Waals surface area contributed by atoms with E-state index >= 15 is 0 Å². The Morgan fingerprint density at radius 1 is 0.727 bits per heavy atom. The van der Waals surface area contributed by atoms with Crippen LogP contribution in [0.4, 0.5) is 0 Å². The van der Waals surface area contributed by atoms with Gasteiger partial charge in [-0.3, -0.25) is 0 Å². The number of hydrogen-bond acceptors (Lipinski definition) is 4. The van der Waals surface area contributed by atoms with E-state index in [2.05, 4.69) is 62.4 Å². The summed E-state index contributed by atoms with van der Waals surface area (Å²) in [4.78, 5) is 0. The molecule has 0 aliphatic carbocycles. The first kappa shape index (κ1) is 17.4. The van der Waals surface area contributed by atoms with Crippen molar-refractivity contribution >= 4 is 21.6 Å². The number of hydrogen-bond donors (Lipinski definition) is 2. The van der Waals surface area contributed by atoms with Crippen molar-refractivity contribution in [3.63, 3.8) is 0 Å². The van der Waals surface area contributed by atoms with Gasteiger partial charge in [-0.1, -0.05) is 70.1 Å². The SMILES string of the molecule is CC(SSC(C)c1ccccc1CN)c1ccccc1CN. The highest BCUT2D eigenvalue weighted by molar-refractivity contribution is 8.76. The summed E-state index contributed by atoms with van der Waals surface area (Å²) in [5.41, 5.74) is 16.8. The van der Waals surface area contributed by atoms with E-state index in [9.17, 15) is 0 Å². The molecule has 0 bridgehead atoms. The first-order valence-corrected chi connectivity index (χ1v) is 9.82. The Bertz CT molecular complexity index is 548. The van der Waals surface area contributed by atoms with Gasteiger partial charge in [0.05, 0.1) is 0 Å². The molecule has 22 heavy (non-hydrogen) atoms. The normalized spacial score (nSPS) is 13.8. The van der Waals surface area contributed by atoms with Gasteiger partial charge in [-0.05, 0) is 36.1 Å². The first-order chi connectivity index (χ1) is 10.7. The lowest BCUT2D eigenvalue weighted by atomic mass is 10.1. The summed E-state index contributed by atoms with van der Waals surface area (Å²) in [6, 6.07) is 16.9. The molecule has 0 heterocycles. The van der Waals surface area contributed by atoms with Gasteiger partial charge < -0.3 is 11.5 Å². The minimum Gasteiger partial charge on any atom is -0.326 e. The van der Waals surface area contributed by atoms with Crippen LogP contribution in [0, 0.1) is 0 Å². The van der Waals surface area contributed by atoms with Gasteiger partial charge in [0.2, 0.25) is 0 Å². The Balaban J connectivity index is 2.03. The quantitative estimate of drug-likeness (QED) is 0.715. The zero-order valence-corrected chi connectivity index (χ0v) is 14.8. The molecule has 118 valence electrons. The molecule has 2 rings (SSSR count). The zero-order chi connectivity index (χ0) is 15.9. The molecular formula is C18H24N2S2. The second kappa shape index (κ2) is 8.63. The minimum absolute atomic E-state index is 0.414. The summed E-state index contributed by atoms with van der Waals surface area (Å²) in [5.74, 6) is 0. The lowest BCUT2D eigenvalue weighted by molar-refractivity contribution is 0.988. The highest BCUT2D eigenvalue weighted by Gasteiger charge is 2.15. The lowest BCUT2D eigenvalue weighted by Gasteiger charge is -2.19. The average Bonchev–Trinajstić information content (AvgIpc) is 2.59. The maximum atomic E-state index is 5.84. The molecule has 0 aromatic heterocycles. The van der Waals surface area contributed by atoms with Gasteiger partial charge in [0.15, 0.2) is 0 Å². The molecule has 0 radical (unpaired) electrons. The van der Waals surface area contributed by atoms with E-state index in [4.69, 9.17) is 11.5 Å². The maximum absolute atomic E-state index is 5.84. The van der Waals surface area contributed by atoms with E-state index in [0.717, 1.165) is 0 Å². The molecule has 2 nitrogen and oxygen atoms in total. The molecule has 2 atom stereocenters. The van der Waals surface area contributed by atoms with E-state index in [-0.39, 0.29) is 0 Å². The van der Waals surface area contributed by atoms with E-state index in [1.807, 2.05) is 21.6 Å². The standard InChI is InChI=1S/C18H24N2S2/c1-13(17-9-5-3-7-15(17)11-19)21-22-14(2)18-10-6-4-8-16(18)12-20/h3-10,13-14H,11-12,19-20H2,1-2H3. The predicted molar refractivity (Wildman–Crippen MR) is 101 cm³/mol. The van der Waals surface area contributed by atoms with Crippen LogP contribution in [0.15, 0.2) is 48.5 Å². The molecule has 2 aromatic rings. The number of benzene rings is 2. The molecule has 2 aromatic carbocycles. The summed E-state index contributed by atoms with van der Waals surface area (Å²) < 4.78 is 0. The third kappa shape index (κ3) is 4.29. The molecule has 0 amide bonds. The fourth-order valence-corrected chi connectivity index (χ4v) is 5.13. The van der Waals surface area contributed by atoms with Crippen molar-refractivity contribution in [2.45, 2.75) is 37.4 Å². The van der Waals surface area contributed by atoms with Crippen LogP contribution in [0.25, 0.3) is 0 Å². The summed E-state index contributed by atoms with van der Waals surface area (Å²) in [5, 5.41) is 0.828. The Labute approximate surface area is 141 Å². The fourth-order valence-electron chi connectivity index (χ4n) is 2.50. The summed E-state index contributed by atoms with van der Waals surface area (Å²) in [6.45, 7) is 5.68. The Morgan fingerprint density at radius 2 is 1.09 bits per heavy atom. The van der Waals surface area contributed by atoms with Crippen LogP contribution in [0.2, 0.25) is 0 Å². The van der Waals surface area contributed by atoms with Crippen molar-refractivity contribution < 1.29 is 0 Å². The van der Waals surface area contributed by atoms with Crippen molar-refractivity contribution in [3.8, 4) is 0 Å². The van der Waals surface area contributed by atoms with Gasteiger partial charge in [-0.2, -0.15) is 0 Å². The third-order valence-electron chi connectivity index (χ3n) is 3.77. The van der Waals surface area contributed by atoms with Crippen molar-refractivity contribution in [3.05, 3.63) is 70.8 Å². The van der Waals surface area contributed by atoms with Gasteiger partial charge in [0.1, 0.15) is 0 Å². The average molecular weight is 333 g/mol. The molecule has 4 N–H and O–H groups in total. The minimum atomic E-state index is 0.414. The molecule has 0 spiro atoms. The van der Waals surface area contributed by atoms with Crippen molar-refractivity contribution in [2.24, 2.45) is 11.5 Å². The van der Waals surface area contributed by atoms with Gasteiger partial charge in [-0.25, -0.2) is 0 Å². The number of nitrogens with two attached hydrogens (primary N) is 2. The van der Waals surface area contributed by atoms with Gasteiger partial charge >= 0.3 is 0 Å². The predicted octanol–water partition coefficient (Wildman–Crippen LogP) is 4.81. The summed E-state index contributed by atoms with van der Waals surface area (Å²) >= 11 is 0.